The highest BCUT2D eigenvalue weighted by Gasteiger charge is 2.42. The largest absolute Gasteiger partial charge is 0.497 e. The van der Waals surface area contributed by atoms with Gasteiger partial charge in [-0.15, -0.1) is 0 Å². The number of anilines is 2. The lowest BCUT2D eigenvalue weighted by molar-refractivity contribution is -0.118. The Kier molecular flexibility index (Phi) is 8.47. The lowest BCUT2D eigenvalue weighted by atomic mass is 9.78. The lowest BCUT2D eigenvalue weighted by Gasteiger charge is -2.35. The van der Waals surface area contributed by atoms with Crippen molar-refractivity contribution in [3.05, 3.63) is 119 Å². The maximum atomic E-state index is 14.5. The van der Waals surface area contributed by atoms with Crippen LogP contribution in [-0.4, -0.2) is 40.1 Å². The van der Waals surface area contributed by atoms with E-state index in [1.54, 1.807) is 33.3 Å². The number of nitrogens with one attached hydrogen (secondary N) is 1. The Morgan fingerprint density at radius 2 is 1.44 bits per heavy atom. The van der Waals surface area contributed by atoms with E-state index in [2.05, 4.69) is 5.32 Å². The molecule has 2 atom stereocenters. The smallest absolute Gasteiger partial charge is 0.232 e. The molecular formula is C37H36N2O6. The monoisotopic (exact) mass is 604 g/mol. The Bertz CT molecular complexity index is 1720. The standard InChI is InChI=1S/C37H36N2O6/c1-42-27-16-14-24(15-17-27)25-19-29-35(31(40)20-25)36(26-21-32(43-2)37(45-4)33(22-26)44-3)39(30-13-9-8-12-28(30)38-29)34(41)18-23-10-6-5-7-11-23/h5-17,21-22,25,36,38H,18-20H2,1-4H3/t25-,36+/m0/s1. The summed E-state index contributed by atoms with van der Waals surface area (Å²) in [6.07, 6.45) is 1.04. The minimum absolute atomic E-state index is 0.0337. The number of ether oxygens (including phenoxy) is 4. The van der Waals surface area contributed by atoms with E-state index in [0.29, 0.717) is 46.9 Å². The van der Waals surface area contributed by atoms with Crippen LogP contribution >= 0.6 is 0 Å². The molecule has 8 heteroatoms. The maximum Gasteiger partial charge on any atom is 0.232 e. The number of methoxy groups -OCH3 is 4. The molecule has 0 radical (unpaired) electrons. The molecule has 45 heavy (non-hydrogen) atoms. The molecular weight excluding hydrogens is 568 g/mol. The van der Waals surface area contributed by atoms with Gasteiger partial charge >= 0.3 is 0 Å². The molecule has 0 aromatic heterocycles. The van der Waals surface area contributed by atoms with Crippen LogP contribution in [0.2, 0.25) is 0 Å². The Labute approximate surface area is 263 Å². The number of nitrogens with zero attached hydrogens (tertiary/aromatic N) is 1. The molecule has 0 bridgehead atoms. The molecule has 0 spiro atoms. The van der Waals surface area contributed by atoms with Gasteiger partial charge in [-0.3, -0.25) is 14.5 Å². The zero-order valence-corrected chi connectivity index (χ0v) is 25.8. The Morgan fingerprint density at radius 1 is 0.778 bits per heavy atom. The number of hydrogen-bond donors (Lipinski definition) is 1. The van der Waals surface area contributed by atoms with Gasteiger partial charge in [-0.1, -0.05) is 54.6 Å². The first-order chi connectivity index (χ1) is 21.9. The van der Waals surface area contributed by atoms with Crippen molar-refractivity contribution >= 4 is 23.1 Å². The summed E-state index contributed by atoms with van der Waals surface area (Å²) in [7, 11) is 6.29. The highest BCUT2D eigenvalue weighted by molar-refractivity contribution is 6.07. The van der Waals surface area contributed by atoms with E-state index >= 15 is 0 Å². The minimum Gasteiger partial charge on any atom is -0.497 e. The lowest BCUT2D eigenvalue weighted by Crippen LogP contribution is -2.39. The SMILES string of the molecule is COc1ccc([C@@H]2CC(=O)C3=C(C2)Nc2ccccc2N(C(=O)Cc2ccccc2)[C@@H]3c2cc(OC)c(OC)c(OC)c2)cc1. The molecule has 0 fully saturated rings. The summed E-state index contributed by atoms with van der Waals surface area (Å²) in [4.78, 5) is 30.7. The second-order valence-corrected chi connectivity index (χ2v) is 11.1. The van der Waals surface area contributed by atoms with Crippen molar-refractivity contribution in [2.75, 3.05) is 38.7 Å². The van der Waals surface area contributed by atoms with Gasteiger partial charge in [0.2, 0.25) is 11.7 Å². The van der Waals surface area contributed by atoms with Gasteiger partial charge in [0, 0.05) is 17.7 Å². The van der Waals surface area contributed by atoms with E-state index in [-0.39, 0.29) is 24.0 Å². The van der Waals surface area contributed by atoms with Gasteiger partial charge < -0.3 is 24.3 Å². The Hall–Kier alpha value is -5.24. The van der Waals surface area contributed by atoms with E-state index in [4.69, 9.17) is 18.9 Å². The van der Waals surface area contributed by atoms with Gasteiger partial charge in [0.05, 0.1) is 52.3 Å². The zero-order valence-electron chi connectivity index (χ0n) is 25.8. The van der Waals surface area contributed by atoms with Gasteiger partial charge in [-0.25, -0.2) is 0 Å². The summed E-state index contributed by atoms with van der Waals surface area (Å²) in [6.45, 7) is 0. The van der Waals surface area contributed by atoms with E-state index in [1.165, 1.54) is 0 Å². The maximum absolute atomic E-state index is 14.5. The predicted octanol–water partition coefficient (Wildman–Crippen LogP) is 6.86. The van der Waals surface area contributed by atoms with E-state index in [0.717, 1.165) is 28.3 Å². The number of carbonyl (C=O) groups excluding carboxylic acids is 2. The number of allylic oxidation sites excluding steroid dienone is 1. The molecule has 230 valence electrons. The molecule has 1 aliphatic carbocycles. The average Bonchev–Trinajstić information content (AvgIpc) is 3.22. The third-order valence-corrected chi connectivity index (χ3v) is 8.55. The number of rotatable bonds is 8. The van der Waals surface area contributed by atoms with E-state index < -0.39 is 6.04 Å². The molecule has 1 heterocycles. The van der Waals surface area contributed by atoms with Crippen LogP contribution in [0.25, 0.3) is 0 Å². The summed E-state index contributed by atoms with van der Waals surface area (Å²) >= 11 is 0. The van der Waals surface area contributed by atoms with Crippen LogP contribution in [0.4, 0.5) is 11.4 Å². The first-order valence-electron chi connectivity index (χ1n) is 14.9. The number of Topliss-reactive ketones (excluding diaryl/α,β-unsaturated/α-hetero) is 1. The number of carbonyl (C=O) groups is 2. The molecule has 8 nitrogen and oxygen atoms in total. The van der Waals surface area contributed by atoms with E-state index in [1.807, 2.05) is 91.0 Å². The summed E-state index contributed by atoms with van der Waals surface area (Å²) in [6, 6.07) is 28.1. The van der Waals surface area contributed by atoms with Crippen LogP contribution in [0.3, 0.4) is 0 Å². The van der Waals surface area contributed by atoms with Crippen molar-refractivity contribution in [1.29, 1.82) is 0 Å². The fourth-order valence-corrected chi connectivity index (χ4v) is 6.41. The van der Waals surface area contributed by atoms with Gasteiger partial charge in [0.25, 0.3) is 0 Å². The first-order valence-corrected chi connectivity index (χ1v) is 14.9. The van der Waals surface area contributed by atoms with Crippen molar-refractivity contribution in [1.82, 2.24) is 0 Å². The van der Waals surface area contributed by atoms with E-state index in [9.17, 15) is 9.59 Å². The normalized spacial score (nSPS) is 17.4. The highest BCUT2D eigenvalue weighted by atomic mass is 16.5. The van der Waals surface area contributed by atoms with Crippen LogP contribution in [-0.2, 0) is 16.0 Å². The van der Waals surface area contributed by atoms with Crippen molar-refractivity contribution in [3.8, 4) is 23.0 Å². The zero-order chi connectivity index (χ0) is 31.5. The molecule has 2 aliphatic rings. The second kappa shape index (κ2) is 12.8. The van der Waals surface area contributed by atoms with Crippen molar-refractivity contribution in [2.45, 2.75) is 31.2 Å². The number of para-hydroxylation sites is 2. The quantitative estimate of drug-likeness (QED) is 0.235. The highest BCUT2D eigenvalue weighted by Crippen LogP contribution is 2.50. The molecule has 6 rings (SSSR count). The number of ketones is 1. The van der Waals surface area contributed by atoms with Gasteiger partial charge in [0.15, 0.2) is 17.3 Å². The molecule has 0 saturated carbocycles. The Morgan fingerprint density at radius 3 is 2.09 bits per heavy atom. The molecule has 1 amide bonds. The third kappa shape index (κ3) is 5.71. The molecule has 0 saturated heterocycles. The number of hydrogen-bond acceptors (Lipinski definition) is 7. The van der Waals surface area contributed by atoms with Crippen LogP contribution < -0.4 is 29.2 Å². The molecule has 0 unspecified atom stereocenters. The first kappa shape index (κ1) is 29.8. The number of benzene rings is 4. The van der Waals surface area contributed by atoms with Gasteiger partial charge in [0.1, 0.15) is 5.75 Å². The number of amides is 1. The molecule has 1 N–H and O–H groups in total. The topological polar surface area (TPSA) is 86.3 Å². The van der Waals surface area contributed by atoms with Gasteiger partial charge in [-0.05, 0) is 65.4 Å². The summed E-state index contributed by atoms with van der Waals surface area (Å²) in [5.74, 6) is 1.85. The molecule has 1 aliphatic heterocycles. The average molecular weight is 605 g/mol. The van der Waals surface area contributed by atoms with Crippen molar-refractivity contribution in [3.63, 3.8) is 0 Å². The molecule has 4 aromatic carbocycles. The number of fused-ring (bicyclic) bond motifs is 1. The van der Waals surface area contributed by atoms with Crippen LogP contribution in [0.1, 0.15) is 41.5 Å². The summed E-state index contributed by atoms with van der Waals surface area (Å²) in [5.41, 5.74) is 5.37. The summed E-state index contributed by atoms with van der Waals surface area (Å²) in [5, 5.41) is 3.60. The Balaban J connectivity index is 1.56. The third-order valence-electron chi connectivity index (χ3n) is 8.55. The van der Waals surface area contributed by atoms with Crippen LogP contribution in [0, 0.1) is 0 Å². The fourth-order valence-electron chi connectivity index (χ4n) is 6.41. The molecule has 4 aromatic rings. The van der Waals surface area contributed by atoms with Crippen molar-refractivity contribution in [2.24, 2.45) is 0 Å². The van der Waals surface area contributed by atoms with Gasteiger partial charge in [-0.2, -0.15) is 0 Å². The minimum atomic E-state index is -0.759. The summed E-state index contributed by atoms with van der Waals surface area (Å²) < 4.78 is 22.4. The van der Waals surface area contributed by atoms with Crippen LogP contribution in [0.5, 0.6) is 23.0 Å². The van der Waals surface area contributed by atoms with Crippen molar-refractivity contribution < 1.29 is 28.5 Å². The van der Waals surface area contributed by atoms with Crippen LogP contribution in [0.15, 0.2) is 102 Å². The second-order valence-electron chi connectivity index (χ2n) is 11.1. The predicted molar refractivity (Wildman–Crippen MR) is 174 cm³/mol. The fraction of sp³-hybridized carbons (Fsp3) is 0.243.